The van der Waals surface area contributed by atoms with Crippen LogP contribution >= 0.6 is 31.9 Å². The molecule has 0 aliphatic rings. The number of nitrogens with zero attached hydrogens (tertiary/aromatic N) is 1. The topological polar surface area (TPSA) is 33.5 Å². The summed E-state index contributed by atoms with van der Waals surface area (Å²) >= 11 is 6.52. The Kier molecular flexibility index (Phi) is 4.62. The van der Waals surface area contributed by atoms with E-state index in [2.05, 4.69) is 31.9 Å². The molecule has 0 aromatic carbocycles. The number of hydrogen-bond donors (Lipinski definition) is 0. The van der Waals surface area contributed by atoms with Gasteiger partial charge in [0.1, 0.15) is 0 Å². The molecule has 0 saturated carbocycles. The van der Waals surface area contributed by atoms with E-state index in [-0.39, 0.29) is 18.0 Å². The van der Waals surface area contributed by atoms with Crippen molar-refractivity contribution < 1.29 is 9.21 Å². The molecule has 0 fully saturated rings. The third-order valence-electron chi connectivity index (χ3n) is 2.20. The van der Waals surface area contributed by atoms with Crippen LogP contribution in [0.2, 0.25) is 0 Å². The molecule has 16 heavy (non-hydrogen) atoms. The Morgan fingerprint density at radius 3 is 2.06 bits per heavy atom. The van der Waals surface area contributed by atoms with Crippen LogP contribution in [-0.2, 0) is 0 Å². The van der Waals surface area contributed by atoms with Crippen molar-refractivity contribution in [2.45, 2.75) is 39.8 Å². The van der Waals surface area contributed by atoms with Gasteiger partial charge in [0.25, 0.3) is 5.91 Å². The first kappa shape index (κ1) is 13.8. The number of halogens is 2. The molecule has 0 unspecified atom stereocenters. The lowest BCUT2D eigenvalue weighted by atomic mass is 10.2. The van der Waals surface area contributed by atoms with E-state index in [1.807, 2.05) is 27.7 Å². The Morgan fingerprint density at radius 2 is 1.75 bits per heavy atom. The fourth-order valence-electron chi connectivity index (χ4n) is 1.67. The normalized spacial score (nSPS) is 11.2. The fourth-order valence-corrected chi connectivity index (χ4v) is 2.83. The summed E-state index contributed by atoms with van der Waals surface area (Å²) in [6.45, 7) is 7.96. The van der Waals surface area contributed by atoms with Crippen LogP contribution in [0.3, 0.4) is 0 Å². The maximum absolute atomic E-state index is 12.2. The third-order valence-corrected chi connectivity index (χ3v) is 3.18. The molecular formula is C11H15Br2NO2. The van der Waals surface area contributed by atoms with Crippen molar-refractivity contribution in [3.63, 3.8) is 0 Å². The molecule has 0 radical (unpaired) electrons. The van der Waals surface area contributed by atoms with Gasteiger partial charge in [-0.25, -0.2) is 0 Å². The smallest absolute Gasteiger partial charge is 0.291 e. The molecular weight excluding hydrogens is 338 g/mol. The predicted molar refractivity (Wildman–Crippen MR) is 70.5 cm³/mol. The predicted octanol–water partition coefficient (Wildman–Crippen LogP) is 4.06. The first-order valence-corrected chi connectivity index (χ1v) is 6.70. The summed E-state index contributed by atoms with van der Waals surface area (Å²) in [7, 11) is 0. The van der Waals surface area contributed by atoms with Gasteiger partial charge >= 0.3 is 0 Å². The first-order valence-electron chi connectivity index (χ1n) is 5.12. The van der Waals surface area contributed by atoms with E-state index in [9.17, 15) is 4.79 Å². The van der Waals surface area contributed by atoms with Gasteiger partial charge in [0, 0.05) is 18.2 Å². The molecule has 3 nitrogen and oxygen atoms in total. The number of hydrogen-bond acceptors (Lipinski definition) is 2. The highest BCUT2D eigenvalue weighted by Gasteiger charge is 2.26. The second-order valence-corrected chi connectivity index (χ2v) is 5.76. The Balaban J connectivity index is 3.04. The second-order valence-electron chi connectivity index (χ2n) is 4.13. The van der Waals surface area contributed by atoms with E-state index < -0.39 is 0 Å². The summed E-state index contributed by atoms with van der Waals surface area (Å²) in [5.74, 6) is 0.247. The summed E-state index contributed by atoms with van der Waals surface area (Å²) in [6, 6.07) is 2.01. The maximum atomic E-state index is 12.2. The lowest BCUT2D eigenvalue weighted by Crippen LogP contribution is -2.42. The zero-order chi connectivity index (χ0) is 12.5. The molecule has 0 bridgehead atoms. The lowest BCUT2D eigenvalue weighted by molar-refractivity contribution is 0.0608. The average molecular weight is 353 g/mol. The molecule has 5 heteroatoms. The zero-order valence-electron chi connectivity index (χ0n) is 9.75. The Hall–Kier alpha value is -0.290. The van der Waals surface area contributed by atoms with Gasteiger partial charge in [-0.15, -0.1) is 0 Å². The summed E-state index contributed by atoms with van der Waals surface area (Å²) in [5.41, 5.74) is 0. The summed E-state index contributed by atoms with van der Waals surface area (Å²) in [6.07, 6.45) is 0. The minimum absolute atomic E-state index is 0.0948. The Labute approximate surface area is 112 Å². The van der Waals surface area contributed by atoms with Crippen LogP contribution in [0.25, 0.3) is 0 Å². The van der Waals surface area contributed by atoms with Crippen molar-refractivity contribution in [1.29, 1.82) is 0 Å². The quantitative estimate of drug-likeness (QED) is 0.821. The monoisotopic (exact) mass is 351 g/mol. The van der Waals surface area contributed by atoms with Gasteiger partial charge in [-0.3, -0.25) is 4.79 Å². The first-order chi connectivity index (χ1) is 7.34. The molecule has 0 spiro atoms. The molecule has 0 N–H and O–H groups in total. The largest absolute Gasteiger partial charge is 0.443 e. The van der Waals surface area contributed by atoms with Gasteiger partial charge in [-0.2, -0.15) is 0 Å². The van der Waals surface area contributed by atoms with Gasteiger partial charge in [-0.1, -0.05) is 0 Å². The molecule has 1 amide bonds. The highest BCUT2D eigenvalue weighted by molar-refractivity contribution is 9.11. The van der Waals surface area contributed by atoms with Gasteiger partial charge in [0.05, 0.1) is 4.47 Å². The van der Waals surface area contributed by atoms with E-state index in [0.29, 0.717) is 14.9 Å². The van der Waals surface area contributed by atoms with Gasteiger partial charge in [0.15, 0.2) is 4.67 Å². The lowest BCUT2D eigenvalue weighted by Gasteiger charge is -2.29. The SMILES string of the molecule is CC(C)N(C(=O)c1oc(Br)cc1Br)C(C)C. The zero-order valence-corrected chi connectivity index (χ0v) is 12.9. The van der Waals surface area contributed by atoms with Crippen LogP contribution in [0.1, 0.15) is 38.2 Å². The van der Waals surface area contributed by atoms with Crippen LogP contribution < -0.4 is 0 Å². The third kappa shape index (κ3) is 2.88. The molecule has 0 aliphatic carbocycles. The minimum atomic E-state index is -0.0948. The van der Waals surface area contributed by atoms with E-state index in [0.717, 1.165) is 0 Å². The fraction of sp³-hybridized carbons (Fsp3) is 0.545. The number of furan rings is 1. The highest BCUT2D eigenvalue weighted by atomic mass is 79.9. The highest BCUT2D eigenvalue weighted by Crippen LogP contribution is 2.27. The molecule has 0 aliphatic heterocycles. The van der Waals surface area contributed by atoms with Crippen molar-refractivity contribution in [3.05, 3.63) is 21.0 Å². The van der Waals surface area contributed by atoms with Gasteiger partial charge in [-0.05, 0) is 59.6 Å². The number of carbonyl (C=O) groups excluding carboxylic acids is 1. The summed E-state index contributed by atoms with van der Waals surface area (Å²) < 4.78 is 6.56. The molecule has 0 saturated heterocycles. The molecule has 0 atom stereocenters. The van der Waals surface area contributed by atoms with E-state index in [1.54, 1.807) is 11.0 Å². The summed E-state index contributed by atoms with van der Waals surface area (Å²) in [4.78, 5) is 14.0. The van der Waals surface area contributed by atoms with Crippen molar-refractivity contribution >= 4 is 37.8 Å². The minimum Gasteiger partial charge on any atom is -0.443 e. The van der Waals surface area contributed by atoms with E-state index in [1.165, 1.54) is 0 Å². The molecule has 1 heterocycles. The van der Waals surface area contributed by atoms with E-state index >= 15 is 0 Å². The molecule has 1 rings (SSSR count). The van der Waals surface area contributed by atoms with Gasteiger partial charge < -0.3 is 9.32 Å². The van der Waals surface area contributed by atoms with E-state index in [4.69, 9.17) is 4.42 Å². The second kappa shape index (κ2) is 5.36. The Bertz CT molecular complexity index is 377. The van der Waals surface area contributed by atoms with Crippen molar-refractivity contribution in [2.24, 2.45) is 0 Å². The van der Waals surface area contributed by atoms with Crippen LogP contribution in [0.15, 0.2) is 19.6 Å². The van der Waals surface area contributed by atoms with Crippen LogP contribution in [0, 0.1) is 0 Å². The van der Waals surface area contributed by atoms with Gasteiger partial charge in [0.2, 0.25) is 5.76 Å². The van der Waals surface area contributed by atoms with Crippen LogP contribution in [0.4, 0.5) is 0 Å². The molecule has 1 aromatic rings. The van der Waals surface area contributed by atoms with Crippen LogP contribution in [0.5, 0.6) is 0 Å². The molecule has 1 aromatic heterocycles. The number of amides is 1. The van der Waals surface area contributed by atoms with Crippen molar-refractivity contribution in [1.82, 2.24) is 4.90 Å². The number of rotatable bonds is 3. The molecule has 90 valence electrons. The Morgan fingerprint density at radius 1 is 1.25 bits per heavy atom. The van der Waals surface area contributed by atoms with Crippen molar-refractivity contribution in [2.75, 3.05) is 0 Å². The number of carbonyl (C=O) groups is 1. The maximum Gasteiger partial charge on any atom is 0.291 e. The van der Waals surface area contributed by atoms with Crippen molar-refractivity contribution in [3.8, 4) is 0 Å². The van der Waals surface area contributed by atoms with Crippen LogP contribution in [-0.4, -0.2) is 22.9 Å². The average Bonchev–Trinajstić information content (AvgIpc) is 2.43. The summed E-state index contributed by atoms with van der Waals surface area (Å²) in [5, 5.41) is 0. The standard InChI is InChI=1S/C11H15Br2NO2/c1-6(2)14(7(3)4)11(15)10-8(12)5-9(13)16-10/h5-7H,1-4H3.